The summed E-state index contributed by atoms with van der Waals surface area (Å²) in [6.45, 7) is 17.0. The molecule has 0 spiro atoms. The monoisotopic (exact) mass is 616 g/mol. The Morgan fingerprint density at radius 1 is 0.977 bits per heavy atom. The molecule has 0 aromatic rings. The van der Waals surface area contributed by atoms with Crippen molar-refractivity contribution in [1.29, 1.82) is 0 Å². The minimum Gasteiger partial charge on any atom is -0.459 e. The number of aliphatic hydroxyl groups is 2. The van der Waals surface area contributed by atoms with E-state index in [1.807, 2.05) is 20.8 Å². The number of hydrogen-bond acceptors (Lipinski definition) is 11. The summed E-state index contributed by atoms with van der Waals surface area (Å²) in [7, 11) is 3.12. The average Bonchev–Trinajstić information content (AvgIpc) is 2.93. The van der Waals surface area contributed by atoms with Gasteiger partial charge in [-0.25, -0.2) is 0 Å². The first kappa shape index (κ1) is 37.6. The minimum absolute atomic E-state index is 0.214. The van der Waals surface area contributed by atoms with Gasteiger partial charge in [-0.1, -0.05) is 27.7 Å². The van der Waals surface area contributed by atoms with E-state index in [1.165, 1.54) is 21.0 Å². The Morgan fingerprint density at radius 3 is 2.09 bits per heavy atom. The van der Waals surface area contributed by atoms with Crippen molar-refractivity contribution in [3.05, 3.63) is 0 Å². The van der Waals surface area contributed by atoms with E-state index in [2.05, 4.69) is 0 Å². The van der Waals surface area contributed by atoms with Gasteiger partial charge in [0, 0.05) is 39.4 Å². The predicted octanol–water partition coefficient (Wildman–Crippen LogP) is 3.59. The van der Waals surface area contributed by atoms with Crippen molar-refractivity contribution in [2.24, 2.45) is 23.7 Å². The lowest BCUT2D eigenvalue weighted by Gasteiger charge is -2.47. The van der Waals surface area contributed by atoms with E-state index in [-0.39, 0.29) is 24.5 Å². The van der Waals surface area contributed by atoms with Gasteiger partial charge in [-0.05, 0) is 59.8 Å². The number of Topliss-reactive ketones (excluding diaryl/α,β-unsaturated/α-hetero) is 1. The van der Waals surface area contributed by atoms with Crippen molar-refractivity contribution >= 4 is 17.7 Å². The van der Waals surface area contributed by atoms with Crippen LogP contribution in [0.5, 0.6) is 0 Å². The van der Waals surface area contributed by atoms with Crippen LogP contribution in [0.15, 0.2) is 0 Å². The molecule has 2 saturated heterocycles. The van der Waals surface area contributed by atoms with Crippen molar-refractivity contribution in [3.8, 4) is 0 Å². The van der Waals surface area contributed by atoms with Crippen LogP contribution in [0.3, 0.4) is 0 Å². The average molecular weight is 617 g/mol. The van der Waals surface area contributed by atoms with Crippen molar-refractivity contribution in [2.45, 2.75) is 149 Å². The number of methoxy groups -OCH3 is 2. The lowest BCUT2D eigenvalue weighted by molar-refractivity contribution is -0.299. The van der Waals surface area contributed by atoms with Gasteiger partial charge in [0.1, 0.15) is 23.1 Å². The maximum atomic E-state index is 13.7. The van der Waals surface area contributed by atoms with E-state index in [4.69, 9.17) is 28.4 Å². The number of rotatable bonds is 6. The predicted molar refractivity (Wildman–Crippen MR) is 158 cm³/mol. The zero-order valence-corrected chi connectivity index (χ0v) is 28.2. The lowest BCUT2D eigenvalue weighted by atomic mass is 9.75. The van der Waals surface area contributed by atoms with Crippen molar-refractivity contribution in [1.82, 2.24) is 0 Å². The van der Waals surface area contributed by atoms with Gasteiger partial charge in [-0.2, -0.15) is 0 Å². The highest BCUT2D eigenvalue weighted by Gasteiger charge is 2.51. The van der Waals surface area contributed by atoms with Crippen LogP contribution < -0.4 is 0 Å². The van der Waals surface area contributed by atoms with Gasteiger partial charge < -0.3 is 38.6 Å². The Bertz CT molecular complexity index is 969. The third-order valence-electron chi connectivity index (χ3n) is 9.73. The molecule has 0 saturated carbocycles. The molecular weight excluding hydrogens is 560 g/mol. The summed E-state index contributed by atoms with van der Waals surface area (Å²) in [5.74, 6) is -3.75. The number of cyclic esters (lactones) is 1. The molecule has 250 valence electrons. The van der Waals surface area contributed by atoms with E-state index < -0.39 is 83.3 Å². The topological polar surface area (TPSA) is 147 Å². The van der Waals surface area contributed by atoms with E-state index in [0.29, 0.717) is 12.8 Å². The fraction of sp³-hybridized carbons (Fsp3) is 0.906. The number of ketones is 1. The van der Waals surface area contributed by atoms with Crippen LogP contribution in [0.25, 0.3) is 0 Å². The quantitative estimate of drug-likeness (QED) is 0.422. The second-order valence-corrected chi connectivity index (χ2v) is 13.5. The Hall–Kier alpha value is -1.63. The highest BCUT2D eigenvalue weighted by atomic mass is 16.7. The molecule has 2 aliphatic rings. The summed E-state index contributed by atoms with van der Waals surface area (Å²) in [5.41, 5.74) is -3.58. The third kappa shape index (κ3) is 8.55. The molecule has 0 amide bonds. The Morgan fingerprint density at radius 2 is 1.58 bits per heavy atom. The first-order chi connectivity index (χ1) is 19.8. The molecule has 0 bridgehead atoms. The summed E-state index contributed by atoms with van der Waals surface area (Å²) in [6, 6.07) is 0. The third-order valence-corrected chi connectivity index (χ3v) is 9.73. The molecular formula is C32H56O11. The molecule has 2 N–H and O–H groups in total. The Balaban J connectivity index is 2.52. The highest BCUT2D eigenvalue weighted by molar-refractivity contribution is 5.83. The van der Waals surface area contributed by atoms with Crippen LogP contribution in [0.2, 0.25) is 0 Å². The van der Waals surface area contributed by atoms with Crippen LogP contribution in [-0.4, -0.2) is 95.8 Å². The van der Waals surface area contributed by atoms with E-state index in [1.54, 1.807) is 41.7 Å². The highest BCUT2D eigenvalue weighted by Crippen LogP contribution is 2.39. The van der Waals surface area contributed by atoms with E-state index in [9.17, 15) is 24.6 Å². The molecule has 0 unspecified atom stereocenters. The second-order valence-electron chi connectivity index (χ2n) is 13.5. The van der Waals surface area contributed by atoms with Crippen molar-refractivity contribution in [2.75, 3.05) is 14.2 Å². The molecule has 0 aromatic heterocycles. The molecule has 11 heteroatoms. The number of aliphatic hydroxyl groups excluding tert-OH is 1. The largest absolute Gasteiger partial charge is 0.459 e. The van der Waals surface area contributed by atoms with Gasteiger partial charge >= 0.3 is 11.9 Å². The normalized spacial score (nSPS) is 45.6. The van der Waals surface area contributed by atoms with Crippen LogP contribution in [0.1, 0.15) is 94.9 Å². The lowest BCUT2D eigenvalue weighted by Crippen LogP contribution is -2.59. The molecule has 2 rings (SSSR count). The molecule has 0 aromatic carbocycles. The van der Waals surface area contributed by atoms with Gasteiger partial charge in [0.2, 0.25) is 0 Å². The standard InChI is InChI=1S/C32H56O11/c1-13-23-32(10,37)27(35)19(4)25(34)17(2)14-30(8,38-11)15-18(3)26(20(5)29(36)42-23)43-24-16-31(9,39-12)28(21(6)40-24)41-22(7)33/h17-21,23-24,26-28,35,37H,13-16H2,1-12H3/t17-,18-,19+,20-,21+,23-,24+,26+,27-,28+,30+,31-,32-/m1/s1. The summed E-state index contributed by atoms with van der Waals surface area (Å²) < 4.78 is 35.9. The molecule has 0 radical (unpaired) electrons. The first-order valence-electron chi connectivity index (χ1n) is 15.5. The van der Waals surface area contributed by atoms with Gasteiger partial charge in [-0.3, -0.25) is 14.4 Å². The molecule has 11 nitrogen and oxygen atoms in total. The van der Waals surface area contributed by atoms with E-state index >= 15 is 0 Å². The zero-order valence-electron chi connectivity index (χ0n) is 28.2. The molecule has 0 aliphatic carbocycles. The van der Waals surface area contributed by atoms with Crippen molar-refractivity contribution < 1.29 is 53.0 Å². The summed E-state index contributed by atoms with van der Waals surface area (Å²) in [4.78, 5) is 38.9. The number of carbonyl (C=O) groups is 3. The summed E-state index contributed by atoms with van der Waals surface area (Å²) in [6.07, 6.45) is -4.08. The molecule has 2 fully saturated rings. The minimum atomic E-state index is -1.89. The molecule has 2 aliphatic heterocycles. The van der Waals surface area contributed by atoms with Crippen LogP contribution in [-0.2, 0) is 42.8 Å². The van der Waals surface area contributed by atoms with E-state index in [0.717, 1.165) is 0 Å². The number of hydrogen-bond donors (Lipinski definition) is 2. The zero-order chi connectivity index (χ0) is 33.1. The van der Waals surface area contributed by atoms with Crippen LogP contribution in [0.4, 0.5) is 0 Å². The van der Waals surface area contributed by atoms with Gasteiger partial charge in [0.25, 0.3) is 0 Å². The smallest absolute Gasteiger partial charge is 0.311 e. The summed E-state index contributed by atoms with van der Waals surface area (Å²) >= 11 is 0. The SMILES string of the molecule is CC[C@H]1OC(=O)[C@H](C)[C@@H](O[C@H]2C[C@@](C)(OC)[C@@H](OC(C)=O)[C@H](C)O2)[C@H](C)C[C@@](C)(OC)C[C@@H](C)C(=O)[C@H](C)[C@@H](O)[C@]1(C)O. The fourth-order valence-corrected chi connectivity index (χ4v) is 7.00. The second kappa shape index (κ2) is 14.6. The molecule has 43 heavy (non-hydrogen) atoms. The number of ether oxygens (including phenoxy) is 6. The fourth-order valence-electron chi connectivity index (χ4n) is 7.00. The van der Waals surface area contributed by atoms with Gasteiger partial charge in [0.15, 0.2) is 12.4 Å². The maximum absolute atomic E-state index is 13.7. The first-order valence-corrected chi connectivity index (χ1v) is 15.5. The van der Waals surface area contributed by atoms with Crippen LogP contribution in [0, 0.1) is 23.7 Å². The summed E-state index contributed by atoms with van der Waals surface area (Å²) in [5, 5.41) is 22.6. The molecule has 13 atom stereocenters. The van der Waals surface area contributed by atoms with Gasteiger partial charge in [0.05, 0.1) is 29.8 Å². The molecule has 2 heterocycles. The number of carbonyl (C=O) groups excluding carboxylic acids is 3. The van der Waals surface area contributed by atoms with Crippen molar-refractivity contribution in [3.63, 3.8) is 0 Å². The maximum Gasteiger partial charge on any atom is 0.311 e. The van der Waals surface area contributed by atoms with Gasteiger partial charge in [-0.15, -0.1) is 0 Å². The van der Waals surface area contributed by atoms with Crippen LogP contribution >= 0.6 is 0 Å². The number of esters is 2. The Kier molecular flexibility index (Phi) is 12.8. The Labute approximate surface area is 257 Å².